The van der Waals surface area contributed by atoms with Crippen LogP contribution in [0.5, 0.6) is 0 Å². The number of carboxylic acids is 3. The first-order valence-corrected chi connectivity index (χ1v) is 26.9. The van der Waals surface area contributed by atoms with E-state index in [4.69, 9.17) is 0 Å². The zero-order chi connectivity index (χ0) is 44.7. The van der Waals surface area contributed by atoms with Gasteiger partial charge in [0.15, 0.2) is 0 Å². The van der Waals surface area contributed by atoms with Gasteiger partial charge in [-0.25, -0.2) is 0 Å². The number of carboxylic acid groups (broad SMARTS) is 3. The van der Waals surface area contributed by atoms with Crippen LogP contribution in [0, 0.1) is 0 Å². The first-order chi connectivity index (χ1) is 29.3. The Morgan fingerprint density at radius 2 is 0.311 bits per heavy atom. The minimum atomic E-state index is -0.903. The quantitative estimate of drug-likeness (QED) is 0.0560. The van der Waals surface area contributed by atoms with Gasteiger partial charge in [0.1, 0.15) is 0 Å². The summed E-state index contributed by atoms with van der Waals surface area (Å²) in [5.74, 6) is -2.71. The number of rotatable bonds is 48. The van der Waals surface area contributed by atoms with Gasteiger partial charge in [-0.3, -0.25) is 0 Å². The van der Waals surface area contributed by atoms with Crippen LogP contribution in [0.15, 0.2) is 0 Å². The molecule has 0 aromatic carbocycles. The molecular formula is C54H105O6Zr. The number of unbranched alkanes of at least 4 members (excludes halogenated alkanes) is 42. The average Bonchev–Trinajstić information content (AvgIpc) is 3.22. The largest absolute Gasteiger partial charge is 3.00 e. The predicted octanol–water partition coefficient (Wildman–Crippen LogP) is 15.0. The summed E-state index contributed by atoms with van der Waals surface area (Å²) in [5.41, 5.74) is 0. The van der Waals surface area contributed by atoms with Crippen molar-refractivity contribution in [2.75, 3.05) is 0 Å². The van der Waals surface area contributed by atoms with Crippen molar-refractivity contribution in [2.45, 2.75) is 329 Å². The molecule has 0 unspecified atom stereocenters. The summed E-state index contributed by atoms with van der Waals surface area (Å²) in [6.07, 6.45) is 59.6. The molecule has 0 atom stereocenters. The molecule has 0 fully saturated rings. The van der Waals surface area contributed by atoms with Crippen LogP contribution in [-0.2, 0) is 40.6 Å². The van der Waals surface area contributed by atoms with Crippen LogP contribution >= 0.6 is 0 Å². The minimum Gasteiger partial charge on any atom is -0.550 e. The summed E-state index contributed by atoms with van der Waals surface area (Å²) in [7, 11) is 0. The van der Waals surface area contributed by atoms with Gasteiger partial charge < -0.3 is 29.7 Å². The van der Waals surface area contributed by atoms with Gasteiger partial charge in [-0.05, 0) is 38.5 Å². The Labute approximate surface area is 400 Å². The Hall–Kier alpha value is -0.707. The van der Waals surface area contributed by atoms with Crippen molar-refractivity contribution in [3.05, 3.63) is 0 Å². The van der Waals surface area contributed by atoms with Gasteiger partial charge in [0, 0.05) is 17.9 Å². The fraction of sp³-hybridized carbons (Fsp3) is 0.944. The molecular weight excluding hydrogens is 836 g/mol. The molecule has 0 bridgehead atoms. The fourth-order valence-corrected chi connectivity index (χ4v) is 7.92. The van der Waals surface area contributed by atoms with Gasteiger partial charge in [0.25, 0.3) is 0 Å². The van der Waals surface area contributed by atoms with Crippen molar-refractivity contribution >= 4 is 17.9 Å². The van der Waals surface area contributed by atoms with Gasteiger partial charge in [0.05, 0.1) is 0 Å². The SMILES string of the molecule is CCCCCCCCCCCCCCCCCC(=O)[O-].CCCCCCCCCCCCCCCCCC(=O)[O-].CCCCCCCCCCCCCCCCCC(=O)[O-].[Zr+3]. The molecule has 0 saturated carbocycles. The van der Waals surface area contributed by atoms with Crippen LogP contribution in [0.1, 0.15) is 329 Å². The summed E-state index contributed by atoms with van der Waals surface area (Å²) in [5, 5.41) is 30.7. The molecule has 0 aliphatic rings. The van der Waals surface area contributed by atoms with E-state index in [1.807, 2.05) is 0 Å². The van der Waals surface area contributed by atoms with Gasteiger partial charge in [-0.2, -0.15) is 0 Å². The van der Waals surface area contributed by atoms with Gasteiger partial charge in [-0.1, -0.05) is 290 Å². The van der Waals surface area contributed by atoms with E-state index in [1.165, 1.54) is 250 Å². The van der Waals surface area contributed by atoms with E-state index in [1.54, 1.807) is 0 Å². The normalized spacial score (nSPS) is 10.7. The number of carbonyl (C=O) groups is 3. The van der Waals surface area contributed by atoms with Crippen molar-refractivity contribution in [1.82, 2.24) is 0 Å². The number of carbonyl (C=O) groups excluding carboxylic acids is 3. The minimum absolute atomic E-state index is 0. The monoisotopic (exact) mass is 940 g/mol. The third-order valence-corrected chi connectivity index (χ3v) is 12.0. The van der Waals surface area contributed by atoms with E-state index in [0.717, 1.165) is 38.5 Å². The molecule has 0 N–H and O–H groups in total. The van der Waals surface area contributed by atoms with E-state index in [-0.39, 0.29) is 45.5 Å². The number of hydrogen-bond acceptors (Lipinski definition) is 6. The Kier molecular flexibility index (Phi) is 69.7. The second-order valence-electron chi connectivity index (χ2n) is 18.2. The van der Waals surface area contributed by atoms with Crippen molar-refractivity contribution in [3.8, 4) is 0 Å². The van der Waals surface area contributed by atoms with Crippen LogP contribution in [0.25, 0.3) is 0 Å². The summed E-state index contributed by atoms with van der Waals surface area (Å²) >= 11 is 0. The summed E-state index contributed by atoms with van der Waals surface area (Å²) in [6.45, 7) is 6.80. The van der Waals surface area contributed by atoms with E-state index in [2.05, 4.69) is 20.8 Å². The molecule has 0 aromatic rings. The maximum Gasteiger partial charge on any atom is 3.00 e. The van der Waals surface area contributed by atoms with Crippen LogP contribution in [0.4, 0.5) is 0 Å². The van der Waals surface area contributed by atoms with Gasteiger partial charge >= 0.3 is 26.2 Å². The topological polar surface area (TPSA) is 120 Å². The fourth-order valence-electron chi connectivity index (χ4n) is 7.92. The van der Waals surface area contributed by atoms with Crippen molar-refractivity contribution < 1.29 is 55.9 Å². The summed E-state index contributed by atoms with van der Waals surface area (Å²) in [6, 6.07) is 0. The molecule has 1 radical (unpaired) electrons. The average molecular weight is 942 g/mol. The molecule has 0 aromatic heterocycles. The molecule has 61 heavy (non-hydrogen) atoms. The maximum absolute atomic E-state index is 10.2. The van der Waals surface area contributed by atoms with Gasteiger partial charge in [0.2, 0.25) is 0 Å². The Morgan fingerprint density at radius 3 is 0.410 bits per heavy atom. The summed E-state index contributed by atoms with van der Waals surface area (Å²) in [4.78, 5) is 30.7. The Bertz CT molecular complexity index is 717. The third-order valence-electron chi connectivity index (χ3n) is 12.0. The molecule has 7 heteroatoms. The Morgan fingerprint density at radius 1 is 0.213 bits per heavy atom. The van der Waals surface area contributed by atoms with Gasteiger partial charge in [-0.15, -0.1) is 0 Å². The maximum atomic E-state index is 10.2. The molecule has 0 aliphatic carbocycles. The molecule has 0 rings (SSSR count). The number of aliphatic carboxylic acids is 3. The first-order valence-electron chi connectivity index (χ1n) is 26.9. The summed E-state index contributed by atoms with van der Waals surface area (Å²) < 4.78 is 0. The van der Waals surface area contributed by atoms with E-state index in [9.17, 15) is 29.7 Å². The molecule has 0 spiro atoms. The Balaban J connectivity index is -0.000000396. The molecule has 0 heterocycles. The molecule has 0 saturated heterocycles. The van der Waals surface area contributed by atoms with Crippen LogP contribution in [0.2, 0.25) is 0 Å². The van der Waals surface area contributed by atoms with E-state index < -0.39 is 17.9 Å². The second-order valence-corrected chi connectivity index (χ2v) is 18.2. The zero-order valence-electron chi connectivity index (χ0n) is 41.4. The molecule has 0 aliphatic heterocycles. The number of hydrogen-bond donors (Lipinski definition) is 0. The van der Waals surface area contributed by atoms with Crippen molar-refractivity contribution in [1.29, 1.82) is 0 Å². The van der Waals surface area contributed by atoms with E-state index in [0.29, 0.717) is 0 Å². The molecule has 6 nitrogen and oxygen atoms in total. The molecule has 0 amide bonds. The third kappa shape index (κ3) is 76.9. The standard InChI is InChI=1S/3C18H36O2.Zr/c3*1-2-3-4-5-6-7-8-9-10-11-12-13-14-15-16-17-18(19)20;/h3*2-17H2,1H3,(H,19,20);/q;;;+3/p-3. The zero-order valence-corrected chi connectivity index (χ0v) is 43.8. The van der Waals surface area contributed by atoms with Crippen molar-refractivity contribution in [3.63, 3.8) is 0 Å². The van der Waals surface area contributed by atoms with Crippen LogP contribution in [-0.4, -0.2) is 17.9 Å². The predicted molar refractivity (Wildman–Crippen MR) is 254 cm³/mol. The van der Waals surface area contributed by atoms with Crippen LogP contribution in [0.3, 0.4) is 0 Å². The smallest absolute Gasteiger partial charge is 0.550 e. The van der Waals surface area contributed by atoms with Crippen LogP contribution < -0.4 is 15.3 Å². The molecule has 361 valence electrons. The second kappa shape index (κ2) is 63.6. The van der Waals surface area contributed by atoms with E-state index >= 15 is 0 Å². The first kappa shape index (κ1) is 66.9. The van der Waals surface area contributed by atoms with Crippen molar-refractivity contribution in [2.24, 2.45) is 0 Å².